The van der Waals surface area contributed by atoms with E-state index in [-0.39, 0.29) is 12.6 Å². The third kappa shape index (κ3) is 4.59. The molecule has 0 saturated carbocycles. The van der Waals surface area contributed by atoms with Gasteiger partial charge in [-0.3, -0.25) is 4.79 Å². The van der Waals surface area contributed by atoms with E-state index >= 15 is 0 Å². The van der Waals surface area contributed by atoms with Crippen LogP contribution in [0.25, 0.3) is 43.1 Å². The monoisotopic (exact) mass is 458 g/mol. The number of hydrogen-bond acceptors (Lipinski definition) is 3. The maximum atomic E-state index is 11.1. The molecule has 3 nitrogen and oxygen atoms in total. The zero-order valence-electron chi connectivity index (χ0n) is 19.6. The van der Waals surface area contributed by atoms with Gasteiger partial charge in [-0.05, 0) is 60.8 Å². The van der Waals surface area contributed by atoms with E-state index in [9.17, 15) is 9.90 Å². The average molecular weight is 459 g/mol. The number of fused-ring (bicyclic) bond motifs is 4. The number of rotatable bonds is 3. The summed E-state index contributed by atoms with van der Waals surface area (Å²) in [6.45, 7) is 1.84. The highest BCUT2D eigenvalue weighted by atomic mass is 16.5. The number of esters is 1. The van der Waals surface area contributed by atoms with Crippen molar-refractivity contribution in [3.8, 4) is 0 Å². The van der Waals surface area contributed by atoms with Crippen molar-refractivity contribution in [2.75, 3.05) is 0 Å². The summed E-state index contributed by atoms with van der Waals surface area (Å²) in [6, 6.07) is 37.1. The number of carbonyl (C=O) groups is 1. The van der Waals surface area contributed by atoms with Crippen molar-refractivity contribution in [2.45, 2.75) is 20.1 Å². The van der Waals surface area contributed by atoms with Crippen LogP contribution < -0.4 is 0 Å². The largest absolute Gasteiger partial charge is 0.461 e. The minimum atomic E-state index is -0.253. The van der Waals surface area contributed by atoms with Gasteiger partial charge in [0.25, 0.3) is 0 Å². The summed E-state index contributed by atoms with van der Waals surface area (Å²) >= 11 is 0. The zero-order valence-corrected chi connectivity index (χ0v) is 19.6. The number of aliphatic hydroxyl groups is 1. The second-order valence-corrected chi connectivity index (χ2v) is 8.53. The Hall–Kier alpha value is -4.21. The molecule has 0 aliphatic carbocycles. The van der Waals surface area contributed by atoms with E-state index in [2.05, 4.69) is 60.7 Å². The van der Waals surface area contributed by atoms with Gasteiger partial charge < -0.3 is 9.84 Å². The molecule has 6 aromatic carbocycles. The Labute approximate surface area is 204 Å². The van der Waals surface area contributed by atoms with Crippen LogP contribution in [-0.4, -0.2) is 11.1 Å². The smallest absolute Gasteiger partial charge is 0.302 e. The van der Waals surface area contributed by atoms with E-state index in [1.807, 2.05) is 48.5 Å². The fourth-order valence-corrected chi connectivity index (χ4v) is 4.72. The van der Waals surface area contributed by atoms with Gasteiger partial charge >= 0.3 is 5.97 Å². The minimum Gasteiger partial charge on any atom is -0.461 e. The molecular weight excluding hydrogens is 432 g/mol. The van der Waals surface area contributed by atoms with Crippen molar-refractivity contribution < 1.29 is 14.6 Å². The van der Waals surface area contributed by atoms with Crippen LogP contribution in [0.3, 0.4) is 0 Å². The number of carbonyl (C=O) groups excluding carboxylic acids is 1. The van der Waals surface area contributed by atoms with Gasteiger partial charge in [-0.2, -0.15) is 0 Å². The molecule has 0 bridgehead atoms. The normalized spacial score (nSPS) is 10.9. The lowest BCUT2D eigenvalue weighted by atomic mass is 9.97. The van der Waals surface area contributed by atoms with E-state index in [0.29, 0.717) is 6.61 Å². The van der Waals surface area contributed by atoms with Crippen molar-refractivity contribution >= 4 is 49.1 Å². The molecule has 35 heavy (non-hydrogen) atoms. The van der Waals surface area contributed by atoms with E-state index in [0.717, 1.165) is 32.7 Å². The van der Waals surface area contributed by atoms with Gasteiger partial charge in [0.1, 0.15) is 6.61 Å². The lowest BCUT2D eigenvalue weighted by Crippen LogP contribution is -2.00. The highest BCUT2D eigenvalue weighted by molar-refractivity contribution is 6.03. The Bertz CT molecular complexity index is 1560. The first-order chi connectivity index (χ1) is 17.2. The number of ether oxygens (including phenoxy) is 1. The van der Waals surface area contributed by atoms with Gasteiger partial charge in [0.05, 0.1) is 6.61 Å². The molecule has 0 saturated heterocycles. The number of benzene rings is 6. The molecule has 0 aliphatic rings. The second-order valence-electron chi connectivity index (χ2n) is 8.53. The minimum absolute atomic E-state index is 0.0852. The van der Waals surface area contributed by atoms with Crippen LogP contribution in [-0.2, 0) is 22.7 Å². The lowest BCUT2D eigenvalue weighted by Gasteiger charge is -2.11. The SMILES string of the molecule is CC(=O)OCc1c2ccccc2cc2ccccc12.OCc1c2ccccc2cc2ccccc12. The van der Waals surface area contributed by atoms with Gasteiger partial charge in [0.15, 0.2) is 0 Å². The fourth-order valence-electron chi connectivity index (χ4n) is 4.72. The quantitative estimate of drug-likeness (QED) is 0.220. The molecule has 6 aromatic rings. The Balaban J connectivity index is 0.000000147. The van der Waals surface area contributed by atoms with Crippen LogP contribution >= 0.6 is 0 Å². The average Bonchev–Trinajstić information content (AvgIpc) is 2.90. The maximum Gasteiger partial charge on any atom is 0.302 e. The molecule has 0 spiro atoms. The van der Waals surface area contributed by atoms with Crippen LogP contribution in [0.15, 0.2) is 109 Å². The third-order valence-electron chi connectivity index (χ3n) is 6.34. The van der Waals surface area contributed by atoms with Gasteiger partial charge in [0, 0.05) is 12.5 Å². The van der Waals surface area contributed by atoms with E-state index in [4.69, 9.17) is 4.74 Å². The van der Waals surface area contributed by atoms with E-state index in [1.54, 1.807) is 0 Å². The van der Waals surface area contributed by atoms with Crippen molar-refractivity contribution in [3.05, 3.63) is 120 Å². The predicted molar refractivity (Wildman–Crippen MR) is 144 cm³/mol. The molecule has 0 radical (unpaired) electrons. The summed E-state index contributed by atoms with van der Waals surface area (Å²) < 4.78 is 5.21. The molecule has 3 heteroatoms. The fraction of sp³-hybridized carbons (Fsp3) is 0.0938. The second kappa shape index (κ2) is 9.96. The van der Waals surface area contributed by atoms with Gasteiger partial charge in [0.2, 0.25) is 0 Å². The summed E-state index contributed by atoms with van der Waals surface area (Å²) in [5, 5.41) is 18.8. The molecule has 0 heterocycles. The first kappa shape index (κ1) is 22.6. The summed E-state index contributed by atoms with van der Waals surface area (Å²) in [5.74, 6) is -0.253. The first-order valence-corrected chi connectivity index (χ1v) is 11.7. The zero-order chi connectivity index (χ0) is 24.2. The molecule has 1 N–H and O–H groups in total. The standard InChI is InChI=1S/C17H14O2.C15H12O/c1-12(18)19-11-17-15-8-4-2-6-13(15)10-14-7-3-5-9-16(14)17;16-10-15-13-7-3-1-5-11(13)9-12-6-2-4-8-14(12)15/h2-10H,11H2,1H3;1-9,16H,10H2. The topological polar surface area (TPSA) is 46.5 Å². The van der Waals surface area contributed by atoms with E-state index < -0.39 is 0 Å². The maximum absolute atomic E-state index is 11.1. The summed E-state index contributed by atoms with van der Waals surface area (Å²) in [7, 11) is 0. The van der Waals surface area contributed by atoms with Crippen molar-refractivity contribution in [3.63, 3.8) is 0 Å². The predicted octanol–water partition coefficient (Wildman–Crippen LogP) is 7.54. The number of aliphatic hydroxyl groups excluding tert-OH is 1. The van der Waals surface area contributed by atoms with Crippen LogP contribution in [0.2, 0.25) is 0 Å². The Kier molecular flexibility index (Phi) is 6.42. The van der Waals surface area contributed by atoms with Crippen LogP contribution in [0.4, 0.5) is 0 Å². The number of hydrogen-bond donors (Lipinski definition) is 1. The summed E-state index contributed by atoms with van der Waals surface area (Å²) in [6.07, 6.45) is 0. The summed E-state index contributed by atoms with van der Waals surface area (Å²) in [4.78, 5) is 11.1. The molecular formula is C32H26O3. The van der Waals surface area contributed by atoms with Crippen LogP contribution in [0.5, 0.6) is 0 Å². The van der Waals surface area contributed by atoms with Crippen molar-refractivity contribution in [1.29, 1.82) is 0 Å². The summed E-state index contributed by atoms with van der Waals surface area (Å²) in [5.41, 5.74) is 2.10. The molecule has 6 rings (SSSR count). The molecule has 0 unspecified atom stereocenters. The molecule has 172 valence electrons. The molecule has 0 amide bonds. The molecule has 0 fully saturated rings. The van der Waals surface area contributed by atoms with Gasteiger partial charge in [-0.25, -0.2) is 0 Å². The van der Waals surface area contributed by atoms with Crippen molar-refractivity contribution in [1.82, 2.24) is 0 Å². The molecule has 0 aromatic heterocycles. The van der Waals surface area contributed by atoms with Gasteiger partial charge in [-0.15, -0.1) is 0 Å². The van der Waals surface area contributed by atoms with Gasteiger partial charge in [-0.1, -0.05) is 97.1 Å². The van der Waals surface area contributed by atoms with Crippen LogP contribution in [0, 0.1) is 0 Å². The Morgan fingerprint density at radius 3 is 1.29 bits per heavy atom. The first-order valence-electron chi connectivity index (χ1n) is 11.7. The Morgan fingerprint density at radius 2 is 0.943 bits per heavy atom. The lowest BCUT2D eigenvalue weighted by molar-refractivity contribution is -0.142. The highest BCUT2D eigenvalue weighted by Crippen LogP contribution is 2.29. The van der Waals surface area contributed by atoms with Crippen LogP contribution in [0.1, 0.15) is 18.1 Å². The molecule has 0 atom stereocenters. The molecule has 0 aliphatic heterocycles. The van der Waals surface area contributed by atoms with Crippen molar-refractivity contribution in [2.24, 2.45) is 0 Å². The third-order valence-corrected chi connectivity index (χ3v) is 6.34. The van der Waals surface area contributed by atoms with E-state index in [1.165, 1.54) is 28.5 Å². The Morgan fingerprint density at radius 1 is 0.600 bits per heavy atom. The highest BCUT2D eigenvalue weighted by Gasteiger charge is 2.08.